The van der Waals surface area contributed by atoms with Crippen LogP contribution in [-0.4, -0.2) is 94.7 Å². The third-order valence-electron chi connectivity index (χ3n) is 10.7. The van der Waals surface area contributed by atoms with Gasteiger partial charge in [0.25, 0.3) is 0 Å². The number of aromatic nitrogens is 4. The number of hydrogen-bond acceptors (Lipinski definition) is 8. The summed E-state index contributed by atoms with van der Waals surface area (Å²) in [7, 11) is 0. The second-order valence-electron chi connectivity index (χ2n) is 15.2. The minimum absolute atomic E-state index is 0.441. The Morgan fingerprint density at radius 2 is 1.11 bits per heavy atom. The molecule has 4 heterocycles. The van der Waals surface area contributed by atoms with E-state index in [4.69, 9.17) is 28.9 Å². The number of rotatable bonds is 13. The zero-order valence-electron chi connectivity index (χ0n) is 33.9. The average molecular weight is 759 g/mol. The first-order valence-electron chi connectivity index (χ1n) is 20.2. The van der Waals surface area contributed by atoms with E-state index in [0.29, 0.717) is 19.1 Å². The lowest BCUT2D eigenvalue weighted by atomic mass is 10.0. The van der Waals surface area contributed by atoms with Gasteiger partial charge in [-0.1, -0.05) is 68.4 Å². The molecule has 2 aliphatic heterocycles. The summed E-state index contributed by atoms with van der Waals surface area (Å²) in [5, 5.41) is 0. The molecule has 10 heteroatoms. The number of hydrogen-bond donors (Lipinski definition) is 0. The highest BCUT2D eigenvalue weighted by Crippen LogP contribution is 2.28. The van der Waals surface area contributed by atoms with Crippen molar-refractivity contribution < 1.29 is 18.9 Å². The molecule has 10 nitrogen and oxygen atoms in total. The maximum Gasteiger partial charge on any atom is 0.125 e. The van der Waals surface area contributed by atoms with Gasteiger partial charge in [0, 0.05) is 26.2 Å². The summed E-state index contributed by atoms with van der Waals surface area (Å²) in [5.74, 6) is 4.64. The van der Waals surface area contributed by atoms with E-state index in [1.165, 1.54) is 33.3 Å². The number of imidazole rings is 2. The van der Waals surface area contributed by atoms with Crippen LogP contribution >= 0.6 is 0 Å². The van der Waals surface area contributed by atoms with Crippen molar-refractivity contribution in [1.82, 2.24) is 28.9 Å². The largest absolute Gasteiger partial charge is 0.491 e. The van der Waals surface area contributed by atoms with E-state index in [9.17, 15) is 0 Å². The van der Waals surface area contributed by atoms with Crippen LogP contribution in [0.1, 0.15) is 53.7 Å². The number of ether oxygens (including phenoxy) is 4. The van der Waals surface area contributed by atoms with Crippen LogP contribution in [0.4, 0.5) is 0 Å². The molecule has 2 aromatic heterocycles. The van der Waals surface area contributed by atoms with E-state index < -0.39 is 0 Å². The molecule has 2 aliphatic rings. The number of morpholine rings is 2. The average Bonchev–Trinajstić information content (AvgIpc) is 3.73. The van der Waals surface area contributed by atoms with Crippen LogP contribution in [0, 0.1) is 20.8 Å². The fourth-order valence-corrected chi connectivity index (χ4v) is 7.67. The van der Waals surface area contributed by atoms with Crippen LogP contribution in [0.3, 0.4) is 0 Å². The monoisotopic (exact) mass is 758 g/mol. The maximum absolute atomic E-state index is 6.26. The predicted molar refractivity (Wildman–Crippen MR) is 224 cm³/mol. The molecule has 0 radical (unpaired) electrons. The molecule has 8 rings (SSSR count). The summed E-state index contributed by atoms with van der Waals surface area (Å²) in [6.45, 7) is 22.3. The first-order valence-corrected chi connectivity index (χ1v) is 20.2. The Morgan fingerprint density at radius 3 is 1.62 bits per heavy atom. The van der Waals surface area contributed by atoms with Crippen molar-refractivity contribution in [3.63, 3.8) is 0 Å². The lowest BCUT2D eigenvalue weighted by Crippen LogP contribution is -2.36. The van der Waals surface area contributed by atoms with Crippen molar-refractivity contribution in [2.24, 2.45) is 0 Å². The number of fused-ring (bicyclic) bond motifs is 2. The fraction of sp³-hybridized carbons (Fsp3) is 0.435. The molecular weight excluding hydrogens is 701 g/mol. The Morgan fingerprint density at radius 1 is 0.607 bits per heavy atom. The van der Waals surface area contributed by atoms with Crippen molar-refractivity contribution in [3.8, 4) is 11.5 Å². The summed E-state index contributed by atoms with van der Waals surface area (Å²) in [6, 6.07) is 29.5. The second-order valence-corrected chi connectivity index (χ2v) is 15.2. The molecule has 0 amide bonds. The topological polar surface area (TPSA) is 79.0 Å². The zero-order chi connectivity index (χ0) is 38.9. The highest BCUT2D eigenvalue weighted by Gasteiger charge is 2.19. The van der Waals surface area contributed by atoms with Crippen LogP contribution in [0.15, 0.2) is 84.9 Å². The molecule has 0 spiro atoms. The second kappa shape index (κ2) is 18.9. The van der Waals surface area contributed by atoms with Crippen molar-refractivity contribution in [1.29, 1.82) is 0 Å². The van der Waals surface area contributed by atoms with Gasteiger partial charge in [-0.2, -0.15) is 0 Å². The van der Waals surface area contributed by atoms with Gasteiger partial charge in [0.2, 0.25) is 0 Å². The van der Waals surface area contributed by atoms with Crippen LogP contribution in [0.2, 0.25) is 0 Å². The van der Waals surface area contributed by atoms with E-state index in [-0.39, 0.29) is 0 Å². The van der Waals surface area contributed by atoms with E-state index >= 15 is 0 Å². The summed E-state index contributed by atoms with van der Waals surface area (Å²) >= 11 is 0. The van der Waals surface area contributed by atoms with Gasteiger partial charge in [0.15, 0.2) is 0 Å². The molecular formula is C46H58N6O4. The highest BCUT2D eigenvalue weighted by molar-refractivity contribution is 5.76. The van der Waals surface area contributed by atoms with Crippen LogP contribution < -0.4 is 9.47 Å². The van der Waals surface area contributed by atoms with E-state index in [0.717, 1.165) is 113 Å². The smallest absolute Gasteiger partial charge is 0.125 e. The molecule has 2 fully saturated rings. The molecule has 0 N–H and O–H groups in total. The Labute approximate surface area is 332 Å². The normalized spacial score (nSPS) is 15.3. The lowest BCUT2D eigenvalue weighted by Gasteiger charge is -2.26. The Bertz CT molecular complexity index is 2160. The quantitative estimate of drug-likeness (QED) is 0.118. The van der Waals surface area contributed by atoms with Gasteiger partial charge in [-0.25, -0.2) is 9.97 Å². The van der Waals surface area contributed by atoms with E-state index in [1.807, 2.05) is 6.07 Å². The molecule has 0 unspecified atom stereocenters. The van der Waals surface area contributed by atoms with Gasteiger partial charge in [0.1, 0.15) is 36.4 Å². The summed E-state index contributed by atoms with van der Waals surface area (Å²) in [4.78, 5) is 14.6. The standard InChI is InChI=1S/C24H31N3O2.C22H27N3O2/c1-18(2)20-9-8-19(3)16-23(20)29-15-12-27-22-7-5-4-6-21(22)25-24(27)17-26-10-13-28-14-11-26;1-17-6-5-7-18(2)22(17)27-15-12-25-20-9-4-3-8-19(20)23-21(25)16-24-10-13-26-14-11-24/h4-9,16,18H,10-15,17H2,1-3H3;3-9H,10-16H2,1-2H3. The van der Waals surface area contributed by atoms with Gasteiger partial charge >= 0.3 is 0 Å². The minimum atomic E-state index is 0.441. The van der Waals surface area contributed by atoms with Crippen molar-refractivity contribution in [2.75, 3.05) is 65.8 Å². The van der Waals surface area contributed by atoms with Gasteiger partial charge in [-0.3, -0.25) is 9.80 Å². The first-order chi connectivity index (χ1) is 27.3. The predicted octanol–water partition coefficient (Wildman–Crippen LogP) is 7.94. The first kappa shape index (κ1) is 39.5. The fourth-order valence-electron chi connectivity index (χ4n) is 7.67. The van der Waals surface area contributed by atoms with Gasteiger partial charge in [-0.15, -0.1) is 0 Å². The molecule has 0 aliphatic carbocycles. The maximum atomic E-state index is 6.26. The van der Waals surface area contributed by atoms with Crippen LogP contribution in [0.5, 0.6) is 11.5 Å². The number of aryl methyl sites for hydroxylation is 3. The summed E-state index contributed by atoms with van der Waals surface area (Å²) in [6.07, 6.45) is 0. The van der Waals surface area contributed by atoms with Gasteiger partial charge in [-0.05, 0) is 79.3 Å². The minimum Gasteiger partial charge on any atom is -0.491 e. The van der Waals surface area contributed by atoms with Crippen LogP contribution in [0.25, 0.3) is 22.1 Å². The molecule has 6 aromatic rings. The molecule has 4 aromatic carbocycles. The molecule has 56 heavy (non-hydrogen) atoms. The number of benzene rings is 4. The molecule has 2 saturated heterocycles. The van der Waals surface area contributed by atoms with Crippen LogP contribution in [-0.2, 0) is 35.7 Å². The Balaban J connectivity index is 0.000000172. The van der Waals surface area contributed by atoms with Gasteiger partial charge in [0.05, 0.1) is 74.7 Å². The van der Waals surface area contributed by atoms with E-state index in [1.54, 1.807) is 0 Å². The summed E-state index contributed by atoms with van der Waals surface area (Å²) < 4.78 is 28.0. The van der Waals surface area contributed by atoms with Crippen molar-refractivity contribution >= 4 is 22.1 Å². The van der Waals surface area contributed by atoms with Crippen molar-refractivity contribution in [2.45, 2.75) is 66.7 Å². The molecule has 0 saturated carbocycles. The highest BCUT2D eigenvalue weighted by atomic mass is 16.5. The third kappa shape index (κ3) is 9.79. The Hall–Kier alpha value is -4.74. The SMILES string of the molecule is Cc1ccc(C(C)C)c(OCCn2c(CN3CCOCC3)nc3ccccc32)c1.Cc1cccc(C)c1OCCn1c(CN2CCOCC2)nc2ccccc21. The molecule has 296 valence electrons. The third-order valence-corrected chi connectivity index (χ3v) is 10.7. The van der Waals surface area contributed by atoms with E-state index in [2.05, 4.69) is 132 Å². The summed E-state index contributed by atoms with van der Waals surface area (Å²) in [5.41, 5.74) is 9.30. The number of para-hydroxylation sites is 5. The zero-order valence-corrected chi connectivity index (χ0v) is 33.9. The molecule has 0 atom stereocenters. The molecule has 0 bridgehead atoms. The number of nitrogens with zero attached hydrogens (tertiary/aromatic N) is 6. The van der Waals surface area contributed by atoms with Crippen molar-refractivity contribution in [3.05, 3.63) is 119 Å². The van der Waals surface area contributed by atoms with Gasteiger partial charge < -0.3 is 28.1 Å². The lowest BCUT2D eigenvalue weighted by molar-refractivity contribution is 0.0325. The Kier molecular flexibility index (Phi) is 13.4.